The third-order valence-corrected chi connectivity index (χ3v) is 2.66. The fraction of sp³-hybridized carbons (Fsp3) is 0.500. The van der Waals surface area contributed by atoms with Crippen molar-refractivity contribution >= 4 is 11.4 Å². The zero-order valence-electron chi connectivity index (χ0n) is 9.58. The van der Waals surface area contributed by atoms with E-state index in [-0.39, 0.29) is 5.60 Å². The summed E-state index contributed by atoms with van der Waals surface area (Å²) in [6.07, 6.45) is 0. The van der Waals surface area contributed by atoms with Gasteiger partial charge in [-0.25, -0.2) is 0 Å². The number of hydrogen-bond donors (Lipinski definition) is 1. The molecule has 0 aromatic heterocycles. The van der Waals surface area contributed by atoms with Crippen LogP contribution in [0, 0.1) is 0 Å². The van der Waals surface area contributed by atoms with Gasteiger partial charge in [-0.05, 0) is 39.0 Å². The van der Waals surface area contributed by atoms with Crippen LogP contribution in [0.1, 0.15) is 20.8 Å². The molecule has 0 unspecified atom stereocenters. The van der Waals surface area contributed by atoms with Crippen molar-refractivity contribution < 1.29 is 4.74 Å². The van der Waals surface area contributed by atoms with Crippen molar-refractivity contribution in [3.05, 3.63) is 18.2 Å². The molecule has 0 fully saturated rings. The van der Waals surface area contributed by atoms with Crippen molar-refractivity contribution in [2.24, 2.45) is 0 Å². The summed E-state index contributed by atoms with van der Waals surface area (Å²) in [6.45, 7) is 8.24. The van der Waals surface area contributed by atoms with E-state index in [2.05, 4.69) is 25.7 Å². The van der Waals surface area contributed by atoms with Crippen LogP contribution in [-0.4, -0.2) is 18.7 Å². The smallest absolute Gasteiger partial charge is 0.143 e. The van der Waals surface area contributed by atoms with Gasteiger partial charge in [-0.2, -0.15) is 0 Å². The molecule has 0 atom stereocenters. The van der Waals surface area contributed by atoms with E-state index >= 15 is 0 Å². The van der Waals surface area contributed by atoms with E-state index in [1.165, 1.54) is 0 Å². The average molecular weight is 206 g/mol. The maximum atomic E-state index is 5.91. The normalized spacial score (nSPS) is 18.2. The summed E-state index contributed by atoms with van der Waals surface area (Å²) in [5.41, 5.74) is 7.55. The number of anilines is 2. The molecule has 0 saturated heterocycles. The summed E-state index contributed by atoms with van der Waals surface area (Å²) in [7, 11) is 0. The molecule has 1 heterocycles. The Morgan fingerprint density at radius 2 is 2.20 bits per heavy atom. The van der Waals surface area contributed by atoms with E-state index in [1.54, 1.807) is 0 Å². The van der Waals surface area contributed by atoms with E-state index < -0.39 is 0 Å². The van der Waals surface area contributed by atoms with Crippen LogP contribution in [0.3, 0.4) is 0 Å². The summed E-state index contributed by atoms with van der Waals surface area (Å²) in [5, 5.41) is 0. The molecule has 2 N–H and O–H groups in total. The van der Waals surface area contributed by atoms with Crippen LogP contribution in [0.5, 0.6) is 5.75 Å². The van der Waals surface area contributed by atoms with Gasteiger partial charge in [-0.3, -0.25) is 0 Å². The second kappa shape index (κ2) is 3.33. The molecule has 0 spiro atoms. The molecule has 0 amide bonds. The SMILES string of the molecule is CCN1CC(C)(C)Oc2ccc(N)cc21. The summed E-state index contributed by atoms with van der Waals surface area (Å²) < 4.78 is 5.91. The largest absolute Gasteiger partial charge is 0.484 e. The van der Waals surface area contributed by atoms with Gasteiger partial charge in [-0.15, -0.1) is 0 Å². The molecule has 82 valence electrons. The molecule has 0 aliphatic carbocycles. The highest BCUT2D eigenvalue weighted by Crippen LogP contribution is 2.37. The van der Waals surface area contributed by atoms with Crippen LogP contribution in [0.25, 0.3) is 0 Å². The van der Waals surface area contributed by atoms with Crippen molar-refractivity contribution in [3.8, 4) is 5.75 Å². The molecule has 1 aromatic rings. The molecule has 1 aromatic carbocycles. The van der Waals surface area contributed by atoms with Crippen LogP contribution in [0.4, 0.5) is 11.4 Å². The van der Waals surface area contributed by atoms with Crippen molar-refractivity contribution in [3.63, 3.8) is 0 Å². The Hall–Kier alpha value is -1.38. The molecule has 0 bridgehead atoms. The van der Waals surface area contributed by atoms with Crippen LogP contribution in [0.15, 0.2) is 18.2 Å². The molecule has 1 aliphatic rings. The fourth-order valence-corrected chi connectivity index (χ4v) is 2.02. The number of hydrogen-bond acceptors (Lipinski definition) is 3. The third-order valence-electron chi connectivity index (χ3n) is 2.66. The number of ether oxygens (including phenoxy) is 1. The van der Waals surface area contributed by atoms with E-state index in [4.69, 9.17) is 10.5 Å². The van der Waals surface area contributed by atoms with Gasteiger partial charge in [0.2, 0.25) is 0 Å². The van der Waals surface area contributed by atoms with Gasteiger partial charge >= 0.3 is 0 Å². The molecule has 15 heavy (non-hydrogen) atoms. The zero-order chi connectivity index (χ0) is 11.1. The van der Waals surface area contributed by atoms with Crippen LogP contribution in [0.2, 0.25) is 0 Å². The number of nitrogen functional groups attached to an aromatic ring is 1. The van der Waals surface area contributed by atoms with Crippen molar-refractivity contribution in [1.29, 1.82) is 0 Å². The van der Waals surface area contributed by atoms with Crippen LogP contribution >= 0.6 is 0 Å². The van der Waals surface area contributed by atoms with Gasteiger partial charge in [0.05, 0.1) is 12.2 Å². The second-order valence-corrected chi connectivity index (χ2v) is 4.60. The number of fused-ring (bicyclic) bond motifs is 1. The standard InChI is InChI=1S/C12H18N2O/c1-4-14-8-12(2,3)15-11-6-5-9(13)7-10(11)14/h5-7H,4,8,13H2,1-3H3. The van der Waals surface area contributed by atoms with Gasteiger partial charge in [0, 0.05) is 12.2 Å². The molecule has 3 nitrogen and oxygen atoms in total. The van der Waals surface area contributed by atoms with Gasteiger partial charge in [0.1, 0.15) is 11.4 Å². The Morgan fingerprint density at radius 1 is 1.47 bits per heavy atom. The first-order valence-electron chi connectivity index (χ1n) is 5.35. The van der Waals surface area contributed by atoms with Gasteiger partial charge in [0.25, 0.3) is 0 Å². The Balaban J connectivity index is 2.44. The highest BCUT2D eigenvalue weighted by atomic mass is 16.5. The summed E-state index contributed by atoms with van der Waals surface area (Å²) >= 11 is 0. The third kappa shape index (κ3) is 1.87. The first kappa shape index (κ1) is 10.1. The number of rotatable bonds is 1. The maximum absolute atomic E-state index is 5.91. The maximum Gasteiger partial charge on any atom is 0.143 e. The number of nitrogens with two attached hydrogens (primary N) is 1. The second-order valence-electron chi connectivity index (χ2n) is 4.60. The molecular formula is C12H18N2O. The molecule has 1 aliphatic heterocycles. The van der Waals surface area contributed by atoms with E-state index in [0.29, 0.717) is 0 Å². The lowest BCUT2D eigenvalue weighted by Gasteiger charge is -2.40. The lowest BCUT2D eigenvalue weighted by atomic mass is 10.0. The van der Waals surface area contributed by atoms with E-state index in [9.17, 15) is 0 Å². The highest BCUT2D eigenvalue weighted by molar-refractivity contribution is 5.66. The lowest BCUT2D eigenvalue weighted by Crippen LogP contribution is -2.46. The van der Waals surface area contributed by atoms with Gasteiger partial charge < -0.3 is 15.4 Å². The minimum absolute atomic E-state index is 0.126. The van der Waals surface area contributed by atoms with Crippen molar-refractivity contribution in [1.82, 2.24) is 0 Å². The highest BCUT2D eigenvalue weighted by Gasteiger charge is 2.30. The summed E-state index contributed by atoms with van der Waals surface area (Å²) in [4.78, 5) is 2.30. The Bertz CT molecular complexity index is 374. The molecule has 3 heteroatoms. The first-order chi connectivity index (χ1) is 7.02. The van der Waals surface area contributed by atoms with E-state index in [0.717, 1.165) is 30.2 Å². The van der Waals surface area contributed by atoms with Crippen molar-refractivity contribution in [2.75, 3.05) is 23.7 Å². The topological polar surface area (TPSA) is 38.5 Å². The summed E-state index contributed by atoms with van der Waals surface area (Å²) in [6, 6.07) is 5.82. The quantitative estimate of drug-likeness (QED) is 0.716. The number of benzene rings is 1. The van der Waals surface area contributed by atoms with Crippen LogP contribution in [-0.2, 0) is 0 Å². The molecular weight excluding hydrogens is 188 g/mol. The monoisotopic (exact) mass is 206 g/mol. The minimum atomic E-state index is -0.126. The van der Waals surface area contributed by atoms with Crippen molar-refractivity contribution in [2.45, 2.75) is 26.4 Å². The summed E-state index contributed by atoms with van der Waals surface area (Å²) in [5.74, 6) is 0.933. The Labute approximate surface area is 90.8 Å². The molecule has 2 rings (SSSR count). The fourth-order valence-electron chi connectivity index (χ4n) is 2.02. The van der Waals surface area contributed by atoms with Gasteiger partial charge in [0.15, 0.2) is 0 Å². The Kier molecular flexibility index (Phi) is 2.25. The predicted molar refractivity (Wildman–Crippen MR) is 63.4 cm³/mol. The van der Waals surface area contributed by atoms with E-state index in [1.807, 2.05) is 18.2 Å². The minimum Gasteiger partial charge on any atom is -0.484 e. The molecule has 0 radical (unpaired) electrons. The lowest BCUT2D eigenvalue weighted by molar-refractivity contribution is 0.105. The molecule has 0 saturated carbocycles. The average Bonchev–Trinajstić information content (AvgIpc) is 2.16. The van der Waals surface area contributed by atoms with Gasteiger partial charge in [-0.1, -0.05) is 0 Å². The number of nitrogens with zero attached hydrogens (tertiary/aromatic N) is 1. The number of likely N-dealkylation sites (N-methyl/N-ethyl adjacent to an activating group) is 1. The predicted octanol–water partition coefficient (Wildman–Crippen LogP) is 2.27. The van der Waals surface area contributed by atoms with Crippen LogP contribution < -0.4 is 15.4 Å². The zero-order valence-corrected chi connectivity index (χ0v) is 9.58. The Morgan fingerprint density at radius 3 is 2.87 bits per heavy atom. The first-order valence-corrected chi connectivity index (χ1v) is 5.35.